The van der Waals surface area contributed by atoms with Crippen LogP contribution in [0.4, 0.5) is 0 Å². The van der Waals surface area contributed by atoms with Gasteiger partial charge in [0.2, 0.25) is 5.91 Å². The van der Waals surface area contributed by atoms with E-state index in [9.17, 15) is 9.90 Å². The summed E-state index contributed by atoms with van der Waals surface area (Å²) in [5.74, 6) is 1.20. The maximum absolute atomic E-state index is 11.7. The van der Waals surface area contributed by atoms with E-state index in [0.29, 0.717) is 12.4 Å². The highest BCUT2D eigenvalue weighted by atomic mass is 16.5. The standard InChI is InChI=1S/C17H17NO4/c19-15(12-3-5-16-13(10-12)7-9-22-16)11-18-17(20)6-4-14-2-1-8-21-14/h1-6,8,10,15,19H,7,9,11H2,(H,18,20)/b6-4+. The Hall–Kier alpha value is -2.53. The average Bonchev–Trinajstić information content (AvgIpc) is 3.20. The third-order valence-corrected chi connectivity index (χ3v) is 3.51. The lowest BCUT2D eigenvalue weighted by Gasteiger charge is -2.12. The lowest BCUT2D eigenvalue weighted by atomic mass is 10.0. The smallest absolute Gasteiger partial charge is 0.244 e. The Morgan fingerprint density at radius 2 is 2.32 bits per heavy atom. The third-order valence-electron chi connectivity index (χ3n) is 3.51. The largest absolute Gasteiger partial charge is 0.493 e. The Labute approximate surface area is 128 Å². The summed E-state index contributed by atoms with van der Waals surface area (Å²) in [4.78, 5) is 11.7. The molecule has 0 bridgehead atoms. The molecule has 0 saturated heterocycles. The molecule has 1 aliphatic heterocycles. The molecular formula is C17H17NO4. The van der Waals surface area contributed by atoms with Gasteiger partial charge in [0.25, 0.3) is 0 Å². The molecule has 5 nitrogen and oxygen atoms in total. The summed E-state index contributed by atoms with van der Waals surface area (Å²) >= 11 is 0. The van der Waals surface area contributed by atoms with Crippen molar-refractivity contribution < 1.29 is 19.1 Å². The highest BCUT2D eigenvalue weighted by Crippen LogP contribution is 2.27. The Morgan fingerprint density at radius 1 is 1.41 bits per heavy atom. The molecule has 1 unspecified atom stereocenters. The fraction of sp³-hybridized carbons (Fsp3) is 0.235. The number of hydrogen-bond acceptors (Lipinski definition) is 4. The fourth-order valence-corrected chi connectivity index (χ4v) is 2.33. The van der Waals surface area contributed by atoms with Crippen molar-refractivity contribution in [1.29, 1.82) is 0 Å². The van der Waals surface area contributed by atoms with Crippen molar-refractivity contribution in [2.45, 2.75) is 12.5 Å². The van der Waals surface area contributed by atoms with E-state index in [1.807, 2.05) is 18.2 Å². The summed E-state index contributed by atoms with van der Waals surface area (Å²) in [5.41, 5.74) is 1.88. The number of furan rings is 1. The molecule has 2 N–H and O–H groups in total. The van der Waals surface area contributed by atoms with Crippen LogP contribution in [-0.2, 0) is 11.2 Å². The van der Waals surface area contributed by atoms with E-state index in [-0.39, 0.29) is 12.5 Å². The van der Waals surface area contributed by atoms with Gasteiger partial charge >= 0.3 is 0 Å². The van der Waals surface area contributed by atoms with E-state index in [1.54, 1.807) is 24.5 Å². The topological polar surface area (TPSA) is 71.7 Å². The second-order valence-corrected chi connectivity index (χ2v) is 5.08. The Bertz CT molecular complexity index is 676. The zero-order valence-corrected chi connectivity index (χ0v) is 12.0. The molecule has 0 fully saturated rings. The van der Waals surface area contributed by atoms with Gasteiger partial charge in [-0.3, -0.25) is 4.79 Å². The maximum atomic E-state index is 11.7. The molecule has 0 spiro atoms. The average molecular weight is 299 g/mol. The molecule has 0 radical (unpaired) electrons. The summed E-state index contributed by atoms with van der Waals surface area (Å²) < 4.78 is 10.5. The van der Waals surface area contributed by atoms with Crippen LogP contribution in [-0.4, -0.2) is 24.2 Å². The number of carbonyl (C=O) groups excluding carboxylic acids is 1. The molecule has 114 valence electrons. The normalized spacial score (nSPS) is 14.6. The van der Waals surface area contributed by atoms with Crippen molar-refractivity contribution >= 4 is 12.0 Å². The van der Waals surface area contributed by atoms with Crippen molar-refractivity contribution in [3.8, 4) is 5.75 Å². The van der Waals surface area contributed by atoms with E-state index in [0.717, 1.165) is 23.3 Å². The number of fused-ring (bicyclic) bond motifs is 1. The number of aliphatic hydroxyl groups is 1. The van der Waals surface area contributed by atoms with Gasteiger partial charge in [0.15, 0.2) is 0 Å². The van der Waals surface area contributed by atoms with Crippen LogP contribution in [0, 0.1) is 0 Å². The van der Waals surface area contributed by atoms with Crippen LogP contribution in [0.2, 0.25) is 0 Å². The van der Waals surface area contributed by atoms with Crippen LogP contribution < -0.4 is 10.1 Å². The van der Waals surface area contributed by atoms with Gasteiger partial charge in [-0.05, 0) is 41.5 Å². The first-order valence-corrected chi connectivity index (χ1v) is 7.15. The number of carbonyl (C=O) groups is 1. The monoisotopic (exact) mass is 299 g/mol. The zero-order valence-electron chi connectivity index (χ0n) is 12.0. The molecule has 1 aliphatic rings. The number of nitrogens with one attached hydrogen (secondary N) is 1. The summed E-state index contributed by atoms with van der Waals surface area (Å²) in [5, 5.41) is 12.8. The molecule has 0 saturated carbocycles. The molecular weight excluding hydrogens is 282 g/mol. The van der Waals surface area contributed by atoms with Gasteiger partial charge in [0.05, 0.1) is 19.0 Å². The fourth-order valence-electron chi connectivity index (χ4n) is 2.33. The van der Waals surface area contributed by atoms with Gasteiger partial charge in [-0.2, -0.15) is 0 Å². The third kappa shape index (κ3) is 3.38. The van der Waals surface area contributed by atoms with Crippen LogP contribution in [0.25, 0.3) is 6.08 Å². The maximum Gasteiger partial charge on any atom is 0.244 e. The highest BCUT2D eigenvalue weighted by Gasteiger charge is 2.15. The number of aliphatic hydroxyl groups excluding tert-OH is 1. The van der Waals surface area contributed by atoms with Crippen LogP contribution in [0.1, 0.15) is 23.0 Å². The van der Waals surface area contributed by atoms with E-state index in [1.165, 1.54) is 6.08 Å². The summed E-state index contributed by atoms with van der Waals surface area (Å²) in [6.45, 7) is 0.837. The summed E-state index contributed by atoms with van der Waals surface area (Å²) in [6, 6.07) is 9.11. The molecule has 1 amide bonds. The zero-order chi connectivity index (χ0) is 15.4. The minimum atomic E-state index is -0.744. The molecule has 1 atom stereocenters. The molecule has 2 aromatic rings. The number of ether oxygens (including phenoxy) is 1. The second-order valence-electron chi connectivity index (χ2n) is 5.08. The predicted molar refractivity (Wildman–Crippen MR) is 81.4 cm³/mol. The molecule has 0 aliphatic carbocycles. The Balaban J connectivity index is 1.53. The van der Waals surface area contributed by atoms with Crippen molar-refractivity contribution in [2.75, 3.05) is 13.2 Å². The van der Waals surface area contributed by atoms with E-state index >= 15 is 0 Å². The Morgan fingerprint density at radius 3 is 3.14 bits per heavy atom. The first kappa shape index (κ1) is 14.4. The van der Waals surface area contributed by atoms with Crippen LogP contribution >= 0.6 is 0 Å². The van der Waals surface area contributed by atoms with Crippen molar-refractivity contribution in [3.05, 3.63) is 59.6 Å². The quantitative estimate of drug-likeness (QED) is 0.829. The van der Waals surface area contributed by atoms with Gasteiger partial charge in [0, 0.05) is 19.0 Å². The van der Waals surface area contributed by atoms with Gasteiger partial charge < -0.3 is 19.6 Å². The molecule has 5 heteroatoms. The summed E-state index contributed by atoms with van der Waals surface area (Å²) in [6.07, 6.45) is 4.61. The first-order valence-electron chi connectivity index (χ1n) is 7.15. The van der Waals surface area contributed by atoms with E-state index < -0.39 is 6.10 Å². The van der Waals surface area contributed by atoms with Crippen molar-refractivity contribution in [1.82, 2.24) is 5.32 Å². The van der Waals surface area contributed by atoms with Crippen molar-refractivity contribution in [2.24, 2.45) is 0 Å². The van der Waals surface area contributed by atoms with E-state index in [2.05, 4.69) is 5.32 Å². The highest BCUT2D eigenvalue weighted by molar-refractivity contribution is 5.91. The van der Waals surface area contributed by atoms with Gasteiger partial charge in [-0.25, -0.2) is 0 Å². The van der Waals surface area contributed by atoms with Gasteiger partial charge in [-0.15, -0.1) is 0 Å². The Kier molecular flexibility index (Phi) is 4.25. The first-order chi connectivity index (χ1) is 10.7. The van der Waals surface area contributed by atoms with Gasteiger partial charge in [0.1, 0.15) is 11.5 Å². The SMILES string of the molecule is O=C(/C=C/c1ccco1)NCC(O)c1ccc2c(c1)CCO2. The summed E-state index contributed by atoms with van der Waals surface area (Å²) in [7, 11) is 0. The van der Waals surface area contributed by atoms with Crippen LogP contribution in [0.5, 0.6) is 5.75 Å². The molecule has 22 heavy (non-hydrogen) atoms. The number of hydrogen-bond donors (Lipinski definition) is 2. The molecule has 3 rings (SSSR count). The van der Waals surface area contributed by atoms with Gasteiger partial charge in [-0.1, -0.05) is 6.07 Å². The number of benzene rings is 1. The lowest BCUT2D eigenvalue weighted by molar-refractivity contribution is -0.116. The van der Waals surface area contributed by atoms with Crippen LogP contribution in [0.3, 0.4) is 0 Å². The lowest BCUT2D eigenvalue weighted by Crippen LogP contribution is -2.26. The predicted octanol–water partition coefficient (Wildman–Crippen LogP) is 2.08. The minimum absolute atomic E-state index is 0.154. The molecule has 1 aromatic carbocycles. The molecule has 1 aromatic heterocycles. The van der Waals surface area contributed by atoms with E-state index in [4.69, 9.17) is 9.15 Å². The van der Waals surface area contributed by atoms with Crippen molar-refractivity contribution in [3.63, 3.8) is 0 Å². The minimum Gasteiger partial charge on any atom is -0.493 e. The number of rotatable bonds is 5. The second kappa shape index (κ2) is 6.49. The van der Waals surface area contributed by atoms with Crippen LogP contribution in [0.15, 0.2) is 47.1 Å². The molecule has 2 heterocycles. The number of amides is 1.